The van der Waals surface area contributed by atoms with E-state index < -0.39 is 11.8 Å². The number of carbonyl (C=O) groups is 1. The number of nitrogens with two attached hydrogens (primary N) is 1. The van der Waals surface area contributed by atoms with E-state index in [0.29, 0.717) is 10.1 Å². The fourth-order valence-electron chi connectivity index (χ4n) is 0.697. The van der Waals surface area contributed by atoms with Gasteiger partial charge in [-0.25, -0.2) is 14.2 Å². The van der Waals surface area contributed by atoms with Gasteiger partial charge in [-0.15, -0.1) is 0 Å². The molecule has 3 N–H and O–H groups in total. The standard InChI is InChI=1S/C6H7N3O3/c1-3-2-9(6(11)12)5(10)8-4(3)7/h2H,1H3,(H,11,12)(H2,7,8,10). The van der Waals surface area contributed by atoms with Crippen LogP contribution in [0.2, 0.25) is 0 Å². The summed E-state index contributed by atoms with van der Waals surface area (Å²) in [6.07, 6.45) is -0.233. The van der Waals surface area contributed by atoms with Crippen LogP contribution in [0.5, 0.6) is 0 Å². The SMILES string of the molecule is Cc1cn(C(=O)O)c(=O)nc1N. The molecule has 0 saturated carbocycles. The van der Waals surface area contributed by atoms with E-state index >= 15 is 0 Å². The predicted molar refractivity (Wildman–Crippen MR) is 41.1 cm³/mol. The molecule has 0 fully saturated rings. The quantitative estimate of drug-likeness (QED) is 0.553. The molecule has 0 spiro atoms. The first kappa shape index (κ1) is 8.25. The molecule has 1 aromatic heterocycles. The lowest BCUT2D eigenvalue weighted by Crippen LogP contribution is -2.28. The van der Waals surface area contributed by atoms with Crippen molar-refractivity contribution in [2.45, 2.75) is 6.92 Å². The summed E-state index contributed by atoms with van der Waals surface area (Å²) in [5.41, 5.74) is 4.84. The largest absolute Gasteiger partial charge is 0.464 e. The van der Waals surface area contributed by atoms with Gasteiger partial charge in [-0.2, -0.15) is 4.98 Å². The molecular weight excluding hydrogens is 162 g/mol. The zero-order valence-electron chi connectivity index (χ0n) is 6.31. The van der Waals surface area contributed by atoms with Crippen molar-refractivity contribution in [3.05, 3.63) is 22.2 Å². The van der Waals surface area contributed by atoms with E-state index in [9.17, 15) is 9.59 Å². The van der Waals surface area contributed by atoms with Gasteiger partial charge in [0.15, 0.2) is 0 Å². The topological polar surface area (TPSA) is 98.2 Å². The molecule has 0 bridgehead atoms. The lowest BCUT2D eigenvalue weighted by molar-refractivity contribution is 0.195. The van der Waals surface area contributed by atoms with Crippen LogP contribution in [0, 0.1) is 6.92 Å². The predicted octanol–water partition coefficient (Wildman–Crippen LogP) is -0.340. The van der Waals surface area contributed by atoms with Crippen molar-refractivity contribution in [2.75, 3.05) is 5.73 Å². The first-order valence-electron chi connectivity index (χ1n) is 3.11. The average Bonchev–Trinajstić information content (AvgIpc) is 1.96. The second kappa shape index (κ2) is 2.65. The maximum Gasteiger partial charge on any atom is 0.419 e. The second-order valence-electron chi connectivity index (χ2n) is 2.24. The number of nitrogen functional groups attached to an aromatic ring is 1. The van der Waals surface area contributed by atoms with Crippen LogP contribution in [-0.2, 0) is 0 Å². The molecule has 0 atom stereocenters. The van der Waals surface area contributed by atoms with Gasteiger partial charge in [0.25, 0.3) is 0 Å². The van der Waals surface area contributed by atoms with E-state index in [0.717, 1.165) is 6.20 Å². The van der Waals surface area contributed by atoms with Gasteiger partial charge in [-0.05, 0) is 6.92 Å². The Hall–Kier alpha value is -1.85. The van der Waals surface area contributed by atoms with Gasteiger partial charge in [-0.1, -0.05) is 0 Å². The van der Waals surface area contributed by atoms with E-state index in [2.05, 4.69) is 4.98 Å². The first-order valence-corrected chi connectivity index (χ1v) is 3.11. The van der Waals surface area contributed by atoms with Crippen LogP contribution in [0.3, 0.4) is 0 Å². The normalized spacial score (nSPS) is 9.75. The number of aromatic nitrogens is 2. The Morgan fingerprint density at radius 2 is 2.33 bits per heavy atom. The fraction of sp³-hybridized carbons (Fsp3) is 0.167. The third-order valence-corrected chi connectivity index (χ3v) is 1.36. The third kappa shape index (κ3) is 1.26. The van der Waals surface area contributed by atoms with Crippen molar-refractivity contribution in [1.82, 2.24) is 9.55 Å². The van der Waals surface area contributed by atoms with Crippen LogP contribution >= 0.6 is 0 Å². The second-order valence-corrected chi connectivity index (χ2v) is 2.24. The summed E-state index contributed by atoms with van der Waals surface area (Å²) in [5, 5.41) is 8.46. The van der Waals surface area contributed by atoms with Crippen molar-refractivity contribution in [1.29, 1.82) is 0 Å². The van der Waals surface area contributed by atoms with E-state index in [1.165, 1.54) is 0 Å². The highest BCUT2D eigenvalue weighted by atomic mass is 16.4. The molecule has 0 unspecified atom stereocenters. The number of anilines is 1. The number of nitrogens with zero attached hydrogens (tertiary/aromatic N) is 2. The number of aryl methyl sites for hydroxylation is 1. The summed E-state index contributed by atoms with van der Waals surface area (Å²) < 4.78 is 0.478. The number of hydrogen-bond acceptors (Lipinski definition) is 4. The van der Waals surface area contributed by atoms with Crippen molar-refractivity contribution in [2.24, 2.45) is 0 Å². The minimum absolute atomic E-state index is 0.0532. The molecular formula is C6H7N3O3. The molecule has 1 rings (SSSR count). The van der Waals surface area contributed by atoms with Gasteiger partial charge < -0.3 is 10.8 Å². The smallest absolute Gasteiger partial charge is 0.419 e. The van der Waals surface area contributed by atoms with Gasteiger partial charge in [0.2, 0.25) is 0 Å². The molecule has 12 heavy (non-hydrogen) atoms. The van der Waals surface area contributed by atoms with E-state index in [1.807, 2.05) is 0 Å². The summed E-state index contributed by atoms with van der Waals surface area (Å²) in [5.74, 6) is 0.0532. The van der Waals surface area contributed by atoms with Gasteiger partial charge in [0, 0.05) is 11.8 Å². The summed E-state index contributed by atoms with van der Waals surface area (Å²) in [6, 6.07) is 0. The lowest BCUT2D eigenvalue weighted by atomic mass is 10.3. The molecule has 1 aromatic rings. The Kier molecular flexibility index (Phi) is 1.82. The molecule has 1 heterocycles. The minimum atomic E-state index is -1.37. The molecule has 64 valence electrons. The molecule has 0 amide bonds. The Labute approximate surface area is 67.3 Å². The highest BCUT2D eigenvalue weighted by Crippen LogP contribution is 2.00. The molecule has 6 heteroatoms. The molecule has 6 nitrogen and oxygen atoms in total. The maximum absolute atomic E-state index is 10.8. The van der Waals surface area contributed by atoms with Gasteiger partial charge >= 0.3 is 11.8 Å². The molecule has 0 aromatic carbocycles. The van der Waals surface area contributed by atoms with E-state index in [-0.39, 0.29) is 5.82 Å². The van der Waals surface area contributed by atoms with Gasteiger partial charge in [0.1, 0.15) is 5.82 Å². The Morgan fingerprint density at radius 3 is 2.83 bits per heavy atom. The Morgan fingerprint density at radius 1 is 1.75 bits per heavy atom. The summed E-state index contributed by atoms with van der Waals surface area (Å²) >= 11 is 0. The van der Waals surface area contributed by atoms with Crippen molar-refractivity contribution >= 4 is 11.9 Å². The van der Waals surface area contributed by atoms with Crippen molar-refractivity contribution in [3.63, 3.8) is 0 Å². The van der Waals surface area contributed by atoms with Crippen LogP contribution < -0.4 is 11.4 Å². The number of carboxylic acid groups (broad SMARTS) is 1. The van der Waals surface area contributed by atoms with E-state index in [4.69, 9.17) is 10.8 Å². The molecule has 0 aliphatic rings. The maximum atomic E-state index is 10.8. The van der Waals surface area contributed by atoms with Crippen LogP contribution in [0.4, 0.5) is 10.6 Å². The summed E-state index contributed by atoms with van der Waals surface area (Å²) in [6.45, 7) is 1.57. The summed E-state index contributed by atoms with van der Waals surface area (Å²) in [7, 11) is 0. The highest BCUT2D eigenvalue weighted by molar-refractivity contribution is 5.68. The van der Waals surface area contributed by atoms with Crippen molar-refractivity contribution in [3.8, 4) is 0 Å². The lowest BCUT2D eigenvalue weighted by Gasteiger charge is -2.00. The van der Waals surface area contributed by atoms with Crippen LogP contribution in [-0.4, -0.2) is 20.8 Å². The highest BCUT2D eigenvalue weighted by Gasteiger charge is 2.06. The zero-order valence-corrected chi connectivity index (χ0v) is 6.31. The van der Waals surface area contributed by atoms with Crippen LogP contribution in [0.15, 0.2) is 11.0 Å². The number of hydrogen-bond donors (Lipinski definition) is 2. The van der Waals surface area contributed by atoms with E-state index in [1.54, 1.807) is 6.92 Å². The van der Waals surface area contributed by atoms with Crippen LogP contribution in [0.1, 0.15) is 5.56 Å². The summed E-state index contributed by atoms with van der Waals surface area (Å²) in [4.78, 5) is 24.5. The van der Waals surface area contributed by atoms with Crippen LogP contribution in [0.25, 0.3) is 0 Å². The fourth-order valence-corrected chi connectivity index (χ4v) is 0.697. The molecule has 0 aliphatic heterocycles. The van der Waals surface area contributed by atoms with Gasteiger partial charge in [-0.3, -0.25) is 0 Å². The third-order valence-electron chi connectivity index (χ3n) is 1.36. The Bertz CT molecular complexity index is 382. The minimum Gasteiger partial charge on any atom is -0.464 e. The number of rotatable bonds is 0. The Balaban J connectivity index is 3.43. The molecule has 0 saturated heterocycles. The zero-order chi connectivity index (χ0) is 9.30. The molecule has 0 radical (unpaired) electrons. The average molecular weight is 169 g/mol. The molecule has 0 aliphatic carbocycles. The monoisotopic (exact) mass is 169 g/mol. The van der Waals surface area contributed by atoms with Crippen molar-refractivity contribution < 1.29 is 9.90 Å². The van der Waals surface area contributed by atoms with Gasteiger partial charge in [0.05, 0.1) is 0 Å². The first-order chi connectivity index (χ1) is 5.52.